The van der Waals surface area contributed by atoms with Gasteiger partial charge in [0.1, 0.15) is 12.6 Å². The van der Waals surface area contributed by atoms with Crippen molar-refractivity contribution >= 4 is 50.7 Å². The van der Waals surface area contributed by atoms with Gasteiger partial charge in [0.05, 0.1) is 10.6 Å². The van der Waals surface area contributed by atoms with Crippen LogP contribution in [0.4, 0.5) is 5.69 Å². The molecule has 3 rings (SSSR count). The van der Waals surface area contributed by atoms with Crippen molar-refractivity contribution < 1.29 is 18.0 Å². The molecule has 3 aromatic rings. The number of anilines is 1. The second kappa shape index (κ2) is 13.8. The van der Waals surface area contributed by atoms with Gasteiger partial charge in [-0.1, -0.05) is 66.5 Å². The van der Waals surface area contributed by atoms with Crippen LogP contribution >= 0.6 is 23.2 Å². The first-order valence-corrected chi connectivity index (χ1v) is 14.9. The molecular weight excluding hydrogens is 557 g/mol. The second-order valence-corrected chi connectivity index (χ2v) is 12.1. The zero-order valence-electron chi connectivity index (χ0n) is 22.2. The Balaban J connectivity index is 2.01. The molecule has 3 aromatic carbocycles. The lowest BCUT2D eigenvalue weighted by Gasteiger charge is -2.33. The van der Waals surface area contributed by atoms with Gasteiger partial charge in [0, 0.05) is 22.6 Å². The number of sulfonamides is 1. The van der Waals surface area contributed by atoms with Gasteiger partial charge in [-0.3, -0.25) is 13.9 Å². The first kappa shape index (κ1) is 30.5. The molecule has 0 unspecified atom stereocenters. The molecule has 0 fully saturated rings. The van der Waals surface area contributed by atoms with E-state index in [9.17, 15) is 18.0 Å². The molecule has 2 amide bonds. The topological polar surface area (TPSA) is 86.8 Å². The van der Waals surface area contributed by atoms with Crippen LogP contribution in [0.25, 0.3) is 0 Å². The maximum atomic E-state index is 13.9. The summed E-state index contributed by atoms with van der Waals surface area (Å²) in [6, 6.07) is 20.7. The first-order chi connectivity index (χ1) is 18.5. The Morgan fingerprint density at radius 3 is 2.15 bits per heavy atom. The van der Waals surface area contributed by atoms with Gasteiger partial charge < -0.3 is 10.2 Å². The van der Waals surface area contributed by atoms with Crippen molar-refractivity contribution in [2.75, 3.05) is 17.4 Å². The number of rotatable bonds is 12. The average molecular weight is 591 g/mol. The van der Waals surface area contributed by atoms with E-state index in [1.54, 1.807) is 18.2 Å². The Kier molecular flexibility index (Phi) is 10.8. The fourth-order valence-electron chi connectivity index (χ4n) is 4.17. The molecule has 0 aliphatic heterocycles. The Labute approximate surface area is 240 Å². The SMILES string of the molecule is CC[C@@H](C(=O)NC(C)C)N(CCc1ccccc1)C(=O)CN(c1cccc(Cl)c1)S(=O)(=O)c1ccc(Cl)cc1. The Morgan fingerprint density at radius 1 is 0.897 bits per heavy atom. The van der Waals surface area contributed by atoms with Crippen LogP contribution in [0, 0.1) is 0 Å². The van der Waals surface area contributed by atoms with Crippen LogP contribution in [0.2, 0.25) is 10.0 Å². The number of amides is 2. The number of hydrogen-bond donors (Lipinski definition) is 1. The van der Waals surface area contributed by atoms with Crippen molar-refractivity contribution in [2.45, 2.75) is 50.6 Å². The molecule has 0 radical (unpaired) electrons. The zero-order chi connectivity index (χ0) is 28.6. The summed E-state index contributed by atoms with van der Waals surface area (Å²) in [5.41, 5.74) is 1.23. The van der Waals surface area contributed by atoms with Gasteiger partial charge in [0.15, 0.2) is 0 Å². The van der Waals surface area contributed by atoms with E-state index in [1.807, 2.05) is 51.1 Å². The van der Waals surface area contributed by atoms with Gasteiger partial charge in [0.2, 0.25) is 11.8 Å². The minimum Gasteiger partial charge on any atom is -0.352 e. The standard InChI is InChI=1S/C29H33Cl2N3O4S/c1-4-27(29(36)32-21(2)3)33(18-17-22-9-6-5-7-10-22)28(35)20-34(25-12-8-11-24(31)19-25)39(37,38)26-15-13-23(30)14-16-26/h5-16,19,21,27H,4,17-18,20H2,1-3H3,(H,32,36)/t27-/m0/s1. The summed E-state index contributed by atoms with van der Waals surface area (Å²) in [6.45, 7) is 5.23. The van der Waals surface area contributed by atoms with Gasteiger partial charge in [-0.15, -0.1) is 0 Å². The van der Waals surface area contributed by atoms with Crippen molar-refractivity contribution in [1.82, 2.24) is 10.2 Å². The molecule has 0 aliphatic rings. The van der Waals surface area contributed by atoms with Gasteiger partial charge >= 0.3 is 0 Å². The van der Waals surface area contributed by atoms with E-state index in [4.69, 9.17) is 23.2 Å². The summed E-state index contributed by atoms with van der Waals surface area (Å²) in [5.74, 6) is -0.794. The van der Waals surface area contributed by atoms with Crippen molar-refractivity contribution in [3.05, 3.63) is 94.5 Å². The maximum absolute atomic E-state index is 13.9. The lowest BCUT2D eigenvalue weighted by atomic mass is 10.1. The van der Waals surface area contributed by atoms with Crippen molar-refractivity contribution in [3.8, 4) is 0 Å². The highest BCUT2D eigenvalue weighted by Gasteiger charge is 2.33. The molecule has 0 saturated heterocycles. The van der Waals surface area contributed by atoms with Crippen LogP contribution in [-0.4, -0.2) is 50.3 Å². The minimum absolute atomic E-state index is 0.0277. The molecule has 0 aliphatic carbocycles. The van der Waals surface area contributed by atoms with E-state index in [-0.39, 0.29) is 29.1 Å². The summed E-state index contributed by atoms with van der Waals surface area (Å²) in [5, 5.41) is 3.59. The predicted octanol–water partition coefficient (Wildman–Crippen LogP) is 5.56. The van der Waals surface area contributed by atoms with Gasteiger partial charge in [0.25, 0.3) is 10.0 Å². The van der Waals surface area contributed by atoms with Crippen LogP contribution in [0.5, 0.6) is 0 Å². The molecule has 10 heteroatoms. The molecule has 0 heterocycles. The quantitative estimate of drug-likeness (QED) is 0.299. The molecule has 7 nitrogen and oxygen atoms in total. The first-order valence-electron chi connectivity index (χ1n) is 12.7. The average Bonchev–Trinajstić information content (AvgIpc) is 2.89. The highest BCUT2D eigenvalue weighted by Crippen LogP contribution is 2.27. The van der Waals surface area contributed by atoms with Crippen molar-refractivity contribution in [1.29, 1.82) is 0 Å². The van der Waals surface area contributed by atoms with Crippen LogP contribution < -0.4 is 9.62 Å². The zero-order valence-corrected chi connectivity index (χ0v) is 24.5. The summed E-state index contributed by atoms with van der Waals surface area (Å²) in [7, 11) is -4.19. The molecule has 0 aromatic heterocycles. The molecule has 1 atom stereocenters. The number of carbonyl (C=O) groups excluding carboxylic acids is 2. The summed E-state index contributed by atoms with van der Waals surface area (Å²) in [4.78, 5) is 28.5. The highest BCUT2D eigenvalue weighted by atomic mass is 35.5. The van der Waals surface area contributed by atoms with E-state index in [1.165, 1.54) is 35.2 Å². The number of nitrogens with zero attached hydrogens (tertiary/aromatic N) is 2. The molecular formula is C29H33Cl2N3O4S. The van der Waals surface area contributed by atoms with E-state index in [0.717, 1.165) is 9.87 Å². The molecule has 1 N–H and O–H groups in total. The fourth-order valence-corrected chi connectivity index (χ4v) is 5.89. The summed E-state index contributed by atoms with van der Waals surface area (Å²) >= 11 is 12.2. The monoisotopic (exact) mass is 589 g/mol. The van der Waals surface area contributed by atoms with Crippen LogP contribution in [0.1, 0.15) is 32.8 Å². The number of carbonyl (C=O) groups is 2. The number of benzene rings is 3. The van der Waals surface area contributed by atoms with Crippen LogP contribution in [0.15, 0.2) is 83.8 Å². The molecule has 0 saturated carbocycles. The van der Waals surface area contributed by atoms with E-state index >= 15 is 0 Å². The molecule has 0 bridgehead atoms. The third kappa shape index (κ3) is 8.21. The molecule has 208 valence electrons. The number of nitrogens with one attached hydrogen (secondary N) is 1. The third-order valence-corrected chi connectivity index (χ3v) is 8.35. The van der Waals surface area contributed by atoms with Crippen molar-refractivity contribution in [3.63, 3.8) is 0 Å². The maximum Gasteiger partial charge on any atom is 0.264 e. The molecule has 0 spiro atoms. The second-order valence-electron chi connectivity index (χ2n) is 9.36. The van der Waals surface area contributed by atoms with Gasteiger partial charge in [-0.05, 0) is 74.7 Å². The van der Waals surface area contributed by atoms with Crippen LogP contribution in [0.3, 0.4) is 0 Å². The summed E-state index contributed by atoms with van der Waals surface area (Å²) < 4.78 is 28.6. The largest absolute Gasteiger partial charge is 0.352 e. The van der Waals surface area contributed by atoms with Gasteiger partial charge in [-0.25, -0.2) is 8.42 Å². The Hall–Kier alpha value is -3.07. The predicted molar refractivity (Wildman–Crippen MR) is 157 cm³/mol. The minimum atomic E-state index is -4.19. The van der Waals surface area contributed by atoms with Gasteiger partial charge in [-0.2, -0.15) is 0 Å². The van der Waals surface area contributed by atoms with E-state index < -0.39 is 28.5 Å². The van der Waals surface area contributed by atoms with Crippen LogP contribution in [-0.2, 0) is 26.0 Å². The third-order valence-electron chi connectivity index (χ3n) is 6.08. The van der Waals surface area contributed by atoms with Crippen molar-refractivity contribution in [2.24, 2.45) is 0 Å². The lowest BCUT2D eigenvalue weighted by molar-refractivity contribution is -0.139. The smallest absolute Gasteiger partial charge is 0.264 e. The van der Waals surface area contributed by atoms with E-state index in [2.05, 4.69) is 5.32 Å². The van der Waals surface area contributed by atoms with E-state index in [0.29, 0.717) is 22.9 Å². The fraction of sp³-hybridized carbons (Fsp3) is 0.310. The number of hydrogen-bond acceptors (Lipinski definition) is 4. The summed E-state index contributed by atoms with van der Waals surface area (Å²) in [6.07, 6.45) is 0.860. The molecule has 39 heavy (non-hydrogen) atoms. The number of halogens is 2. The Morgan fingerprint density at radius 2 is 1.56 bits per heavy atom. The normalized spacial score (nSPS) is 12.2. The Bertz CT molecular complexity index is 1370. The highest BCUT2D eigenvalue weighted by molar-refractivity contribution is 7.92. The lowest BCUT2D eigenvalue weighted by Crippen LogP contribution is -2.54.